The average molecular weight is 203 g/mol. The summed E-state index contributed by atoms with van der Waals surface area (Å²) >= 11 is 0. The minimum Gasteiger partial charge on any atom is -0.484 e. The van der Waals surface area contributed by atoms with Gasteiger partial charge in [-0.2, -0.15) is 0 Å². The van der Waals surface area contributed by atoms with Gasteiger partial charge < -0.3 is 15.5 Å². The molecule has 1 aromatic heterocycles. The molecule has 0 saturated heterocycles. The first-order valence-corrected chi connectivity index (χ1v) is 4.74. The Morgan fingerprint density at radius 3 is 2.87 bits per heavy atom. The van der Waals surface area contributed by atoms with Gasteiger partial charge in [0, 0.05) is 6.20 Å². The van der Waals surface area contributed by atoms with Crippen molar-refractivity contribution in [3.8, 4) is 5.75 Å². The monoisotopic (exact) mass is 203 g/mol. The van der Waals surface area contributed by atoms with Gasteiger partial charge in [-0.3, -0.25) is 0 Å². The second-order valence-electron chi connectivity index (χ2n) is 3.32. The first-order valence-electron chi connectivity index (χ1n) is 4.74. The van der Waals surface area contributed by atoms with E-state index in [1.54, 1.807) is 0 Å². The first kappa shape index (κ1) is 9.58. The molecule has 2 aromatic rings. The van der Waals surface area contributed by atoms with Crippen molar-refractivity contribution in [2.24, 2.45) is 0 Å². The molecule has 4 heteroatoms. The molecule has 4 nitrogen and oxygen atoms in total. The molecule has 0 atom stereocenters. The van der Waals surface area contributed by atoms with E-state index in [0.717, 1.165) is 11.5 Å². The number of aryl methyl sites for hydroxylation is 1. The summed E-state index contributed by atoms with van der Waals surface area (Å²) in [5.74, 6) is 1.49. The van der Waals surface area contributed by atoms with Crippen LogP contribution in [0.4, 0.5) is 5.69 Å². The van der Waals surface area contributed by atoms with Crippen LogP contribution in [0.25, 0.3) is 0 Å². The van der Waals surface area contributed by atoms with Crippen LogP contribution >= 0.6 is 0 Å². The van der Waals surface area contributed by atoms with Crippen LogP contribution in [0.1, 0.15) is 11.5 Å². The summed E-state index contributed by atoms with van der Waals surface area (Å²) in [6.45, 7) is 2.33. The van der Waals surface area contributed by atoms with E-state index in [0.29, 0.717) is 18.0 Å². The first-order chi connectivity index (χ1) is 7.25. The van der Waals surface area contributed by atoms with E-state index in [-0.39, 0.29) is 0 Å². The van der Waals surface area contributed by atoms with E-state index in [1.165, 1.54) is 0 Å². The van der Waals surface area contributed by atoms with Gasteiger partial charge in [-0.05, 0) is 19.1 Å². The number of rotatable bonds is 3. The van der Waals surface area contributed by atoms with Gasteiger partial charge in [-0.1, -0.05) is 12.1 Å². The van der Waals surface area contributed by atoms with Crippen molar-refractivity contribution >= 4 is 5.69 Å². The van der Waals surface area contributed by atoms with E-state index in [4.69, 9.17) is 10.5 Å². The second kappa shape index (κ2) is 4.04. The maximum Gasteiger partial charge on any atom is 0.146 e. The van der Waals surface area contributed by atoms with Crippen LogP contribution in [0.15, 0.2) is 30.5 Å². The quantitative estimate of drug-likeness (QED) is 0.748. The molecule has 2 rings (SSSR count). The van der Waals surface area contributed by atoms with Gasteiger partial charge in [0.1, 0.15) is 18.2 Å². The minimum atomic E-state index is 0.405. The van der Waals surface area contributed by atoms with Crippen LogP contribution in [0.3, 0.4) is 0 Å². The Hall–Kier alpha value is -1.97. The summed E-state index contributed by atoms with van der Waals surface area (Å²) in [6, 6.07) is 7.41. The Labute approximate surface area is 88.1 Å². The van der Waals surface area contributed by atoms with Crippen LogP contribution < -0.4 is 10.5 Å². The predicted octanol–water partition coefficient (Wildman–Crippen LogP) is 1.88. The summed E-state index contributed by atoms with van der Waals surface area (Å²) in [7, 11) is 0. The lowest BCUT2D eigenvalue weighted by Gasteiger charge is -2.06. The van der Waals surface area contributed by atoms with Crippen LogP contribution in [0, 0.1) is 6.92 Å². The third kappa shape index (κ3) is 2.28. The molecule has 0 aliphatic rings. The molecule has 0 spiro atoms. The largest absolute Gasteiger partial charge is 0.484 e. The molecule has 0 saturated carbocycles. The predicted molar refractivity (Wildman–Crippen MR) is 58.5 cm³/mol. The Kier molecular flexibility index (Phi) is 2.58. The number of nitrogens with zero attached hydrogens (tertiary/aromatic N) is 1. The molecule has 0 fully saturated rings. The van der Waals surface area contributed by atoms with Crippen molar-refractivity contribution in [3.05, 3.63) is 42.0 Å². The highest BCUT2D eigenvalue weighted by molar-refractivity contribution is 5.51. The molecule has 0 radical (unpaired) electrons. The maximum atomic E-state index is 5.73. The number of nitrogen functional groups attached to an aromatic ring is 1. The highest BCUT2D eigenvalue weighted by atomic mass is 16.5. The lowest BCUT2D eigenvalue weighted by molar-refractivity contribution is 0.298. The Morgan fingerprint density at radius 1 is 1.40 bits per heavy atom. The second-order valence-corrected chi connectivity index (χ2v) is 3.32. The van der Waals surface area contributed by atoms with Gasteiger partial charge in [0.25, 0.3) is 0 Å². The minimum absolute atomic E-state index is 0.405. The fourth-order valence-corrected chi connectivity index (χ4v) is 1.30. The average Bonchev–Trinajstić information content (AvgIpc) is 2.63. The number of imidazole rings is 1. The summed E-state index contributed by atoms with van der Waals surface area (Å²) in [5.41, 5.74) is 7.33. The molecule has 0 bridgehead atoms. The summed E-state index contributed by atoms with van der Waals surface area (Å²) in [4.78, 5) is 7.25. The van der Waals surface area contributed by atoms with Crippen molar-refractivity contribution in [3.63, 3.8) is 0 Å². The van der Waals surface area contributed by atoms with E-state index in [2.05, 4.69) is 9.97 Å². The highest BCUT2D eigenvalue weighted by Crippen LogP contribution is 2.20. The number of benzene rings is 1. The van der Waals surface area contributed by atoms with Crippen molar-refractivity contribution in [2.45, 2.75) is 13.5 Å². The van der Waals surface area contributed by atoms with Gasteiger partial charge in [-0.15, -0.1) is 0 Å². The van der Waals surface area contributed by atoms with Gasteiger partial charge in [0.2, 0.25) is 0 Å². The number of nitrogens with two attached hydrogens (primary N) is 1. The molecular formula is C11H13N3O. The summed E-state index contributed by atoms with van der Waals surface area (Å²) in [6.07, 6.45) is 1.84. The number of hydrogen-bond acceptors (Lipinski definition) is 3. The van der Waals surface area contributed by atoms with E-state index in [1.807, 2.05) is 37.4 Å². The normalized spacial score (nSPS) is 10.2. The van der Waals surface area contributed by atoms with Gasteiger partial charge in [-0.25, -0.2) is 4.98 Å². The zero-order valence-corrected chi connectivity index (χ0v) is 8.53. The summed E-state index contributed by atoms with van der Waals surface area (Å²) < 4.78 is 5.52. The van der Waals surface area contributed by atoms with E-state index < -0.39 is 0 Å². The molecule has 15 heavy (non-hydrogen) atoms. The molecule has 78 valence electrons. The molecule has 1 heterocycles. The molecule has 1 aromatic carbocycles. The lowest BCUT2D eigenvalue weighted by atomic mass is 10.3. The van der Waals surface area contributed by atoms with E-state index >= 15 is 0 Å². The van der Waals surface area contributed by atoms with Crippen LogP contribution in [0.5, 0.6) is 5.75 Å². The van der Waals surface area contributed by atoms with Gasteiger partial charge >= 0.3 is 0 Å². The number of hydrogen-bond donors (Lipinski definition) is 2. The fraction of sp³-hybridized carbons (Fsp3) is 0.182. The Balaban J connectivity index is 2.02. The molecular weight excluding hydrogens is 190 g/mol. The zero-order chi connectivity index (χ0) is 10.7. The number of aromatic nitrogens is 2. The Morgan fingerprint density at radius 2 is 2.20 bits per heavy atom. The number of nitrogens with one attached hydrogen (secondary N) is 1. The maximum absolute atomic E-state index is 5.73. The molecule has 0 unspecified atom stereocenters. The lowest BCUT2D eigenvalue weighted by Crippen LogP contribution is -2.00. The number of anilines is 1. The van der Waals surface area contributed by atoms with Gasteiger partial charge in [0.05, 0.1) is 11.4 Å². The molecule has 0 aliphatic carbocycles. The Bertz CT molecular complexity index is 451. The fourth-order valence-electron chi connectivity index (χ4n) is 1.30. The highest BCUT2D eigenvalue weighted by Gasteiger charge is 2.01. The SMILES string of the molecule is Cc1c[nH]c(COc2ccccc2N)n1. The topological polar surface area (TPSA) is 63.9 Å². The standard InChI is InChI=1S/C11H13N3O/c1-8-6-13-11(14-8)7-15-10-5-3-2-4-9(10)12/h2-6H,7,12H2,1H3,(H,13,14). The third-order valence-corrected chi connectivity index (χ3v) is 2.04. The van der Waals surface area contributed by atoms with Crippen molar-refractivity contribution in [2.75, 3.05) is 5.73 Å². The van der Waals surface area contributed by atoms with Gasteiger partial charge in [0.15, 0.2) is 0 Å². The smallest absolute Gasteiger partial charge is 0.146 e. The molecule has 0 aliphatic heterocycles. The van der Waals surface area contributed by atoms with E-state index in [9.17, 15) is 0 Å². The summed E-state index contributed by atoms with van der Waals surface area (Å²) in [5, 5.41) is 0. The number of H-pyrrole nitrogens is 1. The molecule has 3 N–H and O–H groups in total. The van der Waals surface area contributed by atoms with Crippen molar-refractivity contribution in [1.82, 2.24) is 9.97 Å². The molecule has 0 amide bonds. The van der Waals surface area contributed by atoms with Crippen LogP contribution in [-0.4, -0.2) is 9.97 Å². The third-order valence-electron chi connectivity index (χ3n) is 2.04. The number of para-hydroxylation sites is 2. The van der Waals surface area contributed by atoms with Crippen molar-refractivity contribution < 1.29 is 4.74 Å². The van der Waals surface area contributed by atoms with Crippen LogP contribution in [-0.2, 0) is 6.61 Å². The number of ether oxygens (including phenoxy) is 1. The zero-order valence-electron chi connectivity index (χ0n) is 8.53. The van der Waals surface area contributed by atoms with Crippen molar-refractivity contribution in [1.29, 1.82) is 0 Å². The van der Waals surface area contributed by atoms with Crippen LogP contribution in [0.2, 0.25) is 0 Å². The number of aromatic amines is 1.